The highest BCUT2D eigenvalue weighted by atomic mass is 32.1. The molecule has 7 heteroatoms. The third-order valence-electron chi connectivity index (χ3n) is 5.21. The molecule has 0 bridgehead atoms. The molecule has 0 spiro atoms. The van der Waals surface area contributed by atoms with E-state index in [0.717, 1.165) is 41.8 Å². The van der Waals surface area contributed by atoms with Gasteiger partial charge < -0.3 is 19.8 Å². The number of hydrogen-bond donors (Lipinski definition) is 2. The molecule has 1 radical (unpaired) electrons. The van der Waals surface area contributed by atoms with E-state index in [0.29, 0.717) is 19.6 Å². The summed E-state index contributed by atoms with van der Waals surface area (Å²) in [5.41, 5.74) is 1.65. The van der Waals surface area contributed by atoms with Gasteiger partial charge in [0.1, 0.15) is 4.88 Å². The number of unbranched alkanes of at least 4 members (excludes halogenated alkanes) is 2. The second kappa shape index (κ2) is 10.7. The summed E-state index contributed by atoms with van der Waals surface area (Å²) in [5, 5.41) is 19.3. The summed E-state index contributed by atoms with van der Waals surface area (Å²) < 4.78 is 5.77. The number of thiophene rings is 1. The number of ether oxygens (including phenoxy) is 1. The number of anilines is 1. The normalized spacial score (nSPS) is 17.5. The van der Waals surface area contributed by atoms with Gasteiger partial charge in [-0.15, -0.1) is 11.3 Å². The van der Waals surface area contributed by atoms with Crippen molar-refractivity contribution < 1.29 is 24.5 Å². The van der Waals surface area contributed by atoms with E-state index in [1.165, 1.54) is 11.3 Å². The number of benzene rings is 1. The average molecular weight is 431 g/mol. The lowest BCUT2D eigenvalue weighted by molar-refractivity contribution is -0.117. The van der Waals surface area contributed by atoms with Gasteiger partial charge in [0.15, 0.2) is 0 Å². The van der Waals surface area contributed by atoms with E-state index in [-0.39, 0.29) is 16.8 Å². The van der Waals surface area contributed by atoms with Crippen LogP contribution in [0, 0.1) is 6.42 Å². The Morgan fingerprint density at radius 1 is 1.23 bits per heavy atom. The molecule has 2 aromatic rings. The van der Waals surface area contributed by atoms with Crippen molar-refractivity contribution >= 4 is 28.9 Å². The summed E-state index contributed by atoms with van der Waals surface area (Å²) in [4.78, 5) is 26.2. The van der Waals surface area contributed by atoms with E-state index < -0.39 is 12.1 Å². The van der Waals surface area contributed by atoms with Crippen LogP contribution in [0.4, 0.5) is 5.69 Å². The molecule has 2 N–H and O–H groups in total. The second-order valence-corrected chi connectivity index (χ2v) is 8.63. The number of rotatable bonds is 11. The number of amides is 1. The number of carbonyl (C=O) groups is 2. The van der Waals surface area contributed by atoms with Crippen LogP contribution >= 0.6 is 11.3 Å². The highest BCUT2D eigenvalue weighted by Crippen LogP contribution is 2.29. The van der Waals surface area contributed by atoms with Crippen LogP contribution in [-0.4, -0.2) is 34.7 Å². The molecule has 0 aliphatic carbocycles. The van der Waals surface area contributed by atoms with Crippen LogP contribution in [0.1, 0.15) is 65.2 Å². The zero-order valence-corrected chi connectivity index (χ0v) is 17.9. The smallest absolute Gasteiger partial charge is 0.345 e. The molecular weight excluding hydrogens is 402 g/mol. The van der Waals surface area contributed by atoms with Crippen molar-refractivity contribution in [2.24, 2.45) is 0 Å². The molecule has 1 fully saturated rings. The third kappa shape index (κ3) is 5.68. The number of aromatic carboxylic acids is 1. The molecule has 0 saturated carbocycles. The lowest BCUT2D eigenvalue weighted by Gasteiger charge is -2.25. The molecule has 3 rings (SSSR count). The minimum absolute atomic E-state index is 0.0177. The van der Waals surface area contributed by atoms with Crippen LogP contribution in [0.5, 0.6) is 0 Å². The first kappa shape index (κ1) is 22.5. The SMILES string of the molecule is CCCCCC(O)c1ccc(N2C(=O)C[CH][C@@H]2COCc2ccc(C(=O)O)s2)cc1. The molecule has 6 nitrogen and oxygen atoms in total. The molecule has 1 amide bonds. The van der Waals surface area contributed by atoms with Gasteiger partial charge in [-0.25, -0.2) is 4.79 Å². The summed E-state index contributed by atoms with van der Waals surface area (Å²) in [7, 11) is 0. The Kier molecular flexibility index (Phi) is 8.01. The fraction of sp³-hybridized carbons (Fsp3) is 0.435. The van der Waals surface area contributed by atoms with Crippen molar-refractivity contribution in [3.63, 3.8) is 0 Å². The summed E-state index contributed by atoms with van der Waals surface area (Å²) in [6.07, 6.45) is 5.79. The molecule has 1 aliphatic rings. The molecule has 1 aliphatic heterocycles. The van der Waals surface area contributed by atoms with E-state index >= 15 is 0 Å². The number of aliphatic hydroxyl groups excluding tert-OH is 1. The van der Waals surface area contributed by atoms with E-state index in [1.807, 2.05) is 30.7 Å². The van der Waals surface area contributed by atoms with Crippen LogP contribution in [0.15, 0.2) is 36.4 Å². The first-order chi connectivity index (χ1) is 14.5. The third-order valence-corrected chi connectivity index (χ3v) is 6.25. The first-order valence-corrected chi connectivity index (χ1v) is 11.1. The quantitative estimate of drug-likeness (QED) is 0.509. The number of carboxylic acid groups (broad SMARTS) is 1. The Morgan fingerprint density at radius 2 is 2.00 bits per heavy atom. The molecule has 1 aromatic carbocycles. The van der Waals surface area contributed by atoms with Gasteiger partial charge in [-0.2, -0.15) is 0 Å². The molecule has 30 heavy (non-hydrogen) atoms. The maximum Gasteiger partial charge on any atom is 0.345 e. The maximum atomic E-state index is 12.4. The molecule has 161 valence electrons. The van der Waals surface area contributed by atoms with Crippen molar-refractivity contribution in [1.82, 2.24) is 0 Å². The predicted octanol–water partition coefficient (Wildman–Crippen LogP) is 4.59. The molecule has 2 atom stereocenters. The van der Waals surface area contributed by atoms with Gasteiger partial charge in [-0.05, 0) is 42.7 Å². The lowest BCUT2D eigenvalue weighted by Crippen LogP contribution is -2.36. The Bertz CT molecular complexity index is 848. The van der Waals surface area contributed by atoms with Crippen LogP contribution in [0.3, 0.4) is 0 Å². The standard InChI is InChI=1S/C23H28NO5S/c1-2-3-4-5-20(25)16-6-8-17(9-7-16)24-18(10-13-22(24)26)14-29-15-19-11-12-21(30-19)23(27)28/h6-12,18,20,25H,2-5,13-15H2,1H3,(H,27,28)/t18-,20?/m1/s1. The van der Waals surface area contributed by atoms with Gasteiger partial charge in [0.25, 0.3) is 0 Å². The van der Waals surface area contributed by atoms with Crippen molar-refractivity contribution in [2.45, 2.75) is 57.8 Å². The fourth-order valence-electron chi connectivity index (χ4n) is 3.57. The van der Waals surface area contributed by atoms with Gasteiger partial charge in [0.05, 0.1) is 25.4 Å². The molecule has 1 unspecified atom stereocenters. The molecule has 2 heterocycles. The second-order valence-electron chi connectivity index (χ2n) is 7.46. The van der Waals surface area contributed by atoms with Crippen LogP contribution < -0.4 is 4.90 Å². The molecule has 1 aromatic heterocycles. The topological polar surface area (TPSA) is 87.1 Å². The molecule has 1 saturated heterocycles. The Labute approximate surface area is 181 Å². The van der Waals surface area contributed by atoms with Gasteiger partial charge in [0, 0.05) is 17.0 Å². The zero-order chi connectivity index (χ0) is 21.5. The van der Waals surface area contributed by atoms with Crippen LogP contribution in [-0.2, 0) is 16.1 Å². The Hall–Kier alpha value is -2.22. The summed E-state index contributed by atoms with van der Waals surface area (Å²) in [6.45, 7) is 2.79. The lowest BCUT2D eigenvalue weighted by atomic mass is 10.0. The minimum Gasteiger partial charge on any atom is -0.477 e. The van der Waals surface area contributed by atoms with Crippen molar-refractivity contribution in [1.29, 1.82) is 0 Å². The van der Waals surface area contributed by atoms with E-state index in [4.69, 9.17) is 9.84 Å². The van der Waals surface area contributed by atoms with E-state index in [9.17, 15) is 14.7 Å². The zero-order valence-electron chi connectivity index (χ0n) is 17.1. The Morgan fingerprint density at radius 3 is 2.67 bits per heavy atom. The van der Waals surface area contributed by atoms with Gasteiger partial charge in [-0.1, -0.05) is 38.3 Å². The van der Waals surface area contributed by atoms with Gasteiger partial charge in [-0.3, -0.25) is 4.79 Å². The monoisotopic (exact) mass is 430 g/mol. The van der Waals surface area contributed by atoms with E-state index in [2.05, 4.69) is 6.92 Å². The average Bonchev–Trinajstić information content (AvgIpc) is 3.35. The van der Waals surface area contributed by atoms with Gasteiger partial charge in [0.2, 0.25) is 5.91 Å². The maximum absolute atomic E-state index is 12.4. The first-order valence-electron chi connectivity index (χ1n) is 10.3. The summed E-state index contributed by atoms with van der Waals surface area (Å²) in [5.74, 6) is -0.921. The molecular formula is C23H28NO5S. The number of carboxylic acids is 1. The van der Waals surface area contributed by atoms with Crippen molar-refractivity contribution in [2.75, 3.05) is 11.5 Å². The highest BCUT2D eigenvalue weighted by molar-refractivity contribution is 7.13. The van der Waals surface area contributed by atoms with Crippen LogP contribution in [0.2, 0.25) is 0 Å². The minimum atomic E-state index is -0.939. The number of hydrogen-bond acceptors (Lipinski definition) is 5. The van der Waals surface area contributed by atoms with Crippen LogP contribution in [0.25, 0.3) is 0 Å². The Balaban J connectivity index is 1.56. The van der Waals surface area contributed by atoms with Crippen molar-refractivity contribution in [3.8, 4) is 0 Å². The fourth-order valence-corrected chi connectivity index (χ4v) is 4.35. The predicted molar refractivity (Wildman–Crippen MR) is 117 cm³/mol. The summed E-state index contributed by atoms with van der Waals surface area (Å²) in [6, 6.07) is 10.7. The highest BCUT2D eigenvalue weighted by Gasteiger charge is 2.32. The number of nitrogens with zero attached hydrogens (tertiary/aromatic N) is 1. The number of carbonyl (C=O) groups excluding carboxylic acids is 1. The van der Waals surface area contributed by atoms with Crippen molar-refractivity contribution in [3.05, 3.63) is 58.1 Å². The largest absolute Gasteiger partial charge is 0.477 e. The van der Waals surface area contributed by atoms with E-state index in [1.54, 1.807) is 17.0 Å². The van der Waals surface area contributed by atoms with Gasteiger partial charge >= 0.3 is 5.97 Å². The number of aliphatic hydroxyl groups is 1. The summed E-state index contributed by atoms with van der Waals surface area (Å²) >= 11 is 1.19.